The normalized spacial score (nSPS) is 40.2. The predicted octanol–water partition coefficient (Wildman–Crippen LogP) is 1.66. The minimum absolute atomic E-state index is 0.219. The Kier molecular flexibility index (Phi) is 3.34. The first kappa shape index (κ1) is 13.4. The van der Waals surface area contributed by atoms with Gasteiger partial charge in [-0.15, -0.1) is 0 Å². The number of likely N-dealkylation sites (tertiary alicyclic amines) is 1. The molecule has 1 N–H and O–H groups in total. The molecule has 19 heavy (non-hydrogen) atoms. The van der Waals surface area contributed by atoms with Gasteiger partial charge >= 0.3 is 5.97 Å². The highest BCUT2D eigenvalue weighted by molar-refractivity contribution is 5.75. The Labute approximate surface area is 115 Å². The van der Waals surface area contributed by atoms with Crippen LogP contribution in [0.15, 0.2) is 0 Å². The van der Waals surface area contributed by atoms with Crippen molar-refractivity contribution < 1.29 is 9.90 Å². The first-order valence-electron chi connectivity index (χ1n) is 7.76. The van der Waals surface area contributed by atoms with Crippen molar-refractivity contribution >= 4 is 5.97 Å². The van der Waals surface area contributed by atoms with Crippen molar-refractivity contribution in [1.82, 2.24) is 9.80 Å². The highest BCUT2D eigenvalue weighted by Gasteiger charge is 2.51. The third kappa shape index (κ3) is 2.00. The van der Waals surface area contributed by atoms with Crippen LogP contribution in [0.1, 0.15) is 39.5 Å². The summed E-state index contributed by atoms with van der Waals surface area (Å²) in [5, 5.41) is 9.65. The van der Waals surface area contributed by atoms with Crippen LogP contribution in [0.3, 0.4) is 0 Å². The number of rotatable bonds is 3. The van der Waals surface area contributed by atoms with E-state index in [0.29, 0.717) is 12.1 Å². The van der Waals surface area contributed by atoms with Crippen LogP contribution in [0.2, 0.25) is 0 Å². The lowest BCUT2D eigenvalue weighted by Crippen LogP contribution is -2.45. The molecule has 3 fully saturated rings. The van der Waals surface area contributed by atoms with Crippen LogP contribution in [0.25, 0.3) is 0 Å². The number of hydrogen-bond acceptors (Lipinski definition) is 3. The summed E-state index contributed by atoms with van der Waals surface area (Å²) in [5.41, 5.74) is -0.508. The van der Waals surface area contributed by atoms with Crippen molar-refractivity contribution in [2.24, 2.45) is 11.3 Å². The molecule has 4 heteroatoms. The maximum Gasteiger partial charge on any atom is 0.311 e. The molecule has 0 aromatic heterocycles. The molecule has 0 saturated carbocycles. The van der Waals surface area contributed by atoms with Gasteiger partial charge in [0.15, 0.2) is 0 Å². The van der Waals surface area contributed by atoms with Crippen LogP contribution in [0, 0.1) is 11.3 Å². The van der Waals surface area contributed by atoms with E-state index in [-0.39, 0.29) is 5.92 Å². The SMILES string of the molecule is CC(C)C1(C(=O)O)CCN(C2CCN3CCCC23)C1. The van der Waals surface area contributed by atoms with Gasteiger partial charge in [0.1, 0.15) is 0 Å². The monoisotopic (exact) mass is 266 g/mol. The summed E-state index contributed by atoms with van der Waals surface area (Å²) in [6.07, 6.45) is 4.69. The summed E-state index contributed by atoms with van der Waals surface area (Å²) >= 11 is 0. The summed E-state index contributed by atoms with van der Waals surface area (Å²) in [5.74, 6) is -0.373. The van der Waals surface area contributed by atoms with Crippen LogP contribution >= 0.6 is 0 Å². The fraction of sp³-hybridized carbons (Fsp3) is 0.933. The van der Waals surface area contributed by atoms with E-state index in [9.17, 15) is 9.90 Å². The van der Waals surface area contributed by atoms with Crippen molar-refractivity contribution in [2.45, 2.75) is 51.6 Å². The Morgan fingerprint density at radius 3 is 2.53 bits per heavy atom. The molecule has 3 aliphatic heterocycles. The summed E-state index contributed by atoms with van der Waals surface area (Å²) in [6, 6.07) is 1.32. The van der Waals surface area contributed by atoms with Gasteiger partial charge < -0.3 is 5.11 Å². The Balaban J connectivity index is 1.73. The first-order valence-corrected chi connectivity index (χ1v) is 7.76. The van der Waals surface area contributed by atoms with Gasteiger partial charge in [0.05, 0.1) is 5.41 Å². The number of aliphatic carboxylic acids is 1. The molecule has 3 aliphatic rings. The van der Waals surface area contributed by atoms with Gasteiger partial charge in [0.25, 0.3) is 0 Å². The van der Waals surface area contributed by atoms with Crippen molar-refractivity contribution in [1.29, 1.82) is 0 Å². The molecule has 3 heterocycles. The average molecular weight is 266 g/mol. The Bertz CT molecular complexity index is 371. The lowest BCUT2D eigenvalue weighted by Gasteiger charge is -2.33. The van der Waals surface area contributed by atoms with Crippen molar-refractivity contribution in [3.8, 4) is 0 Å². The van der Waals surface area contributed by atoms with Gasteiger partial charge in [0.2, 0.25) is 0 Å². The topological polar surface area (TPSA) is 43.8 Å². The van der Waals surface area contributed by atoms with Crippen LogP contribution in [0.5, 0.6) is 0 Å². The average Bonchev–Trinajstić information content (AvgIpc) is 3.03. The molecule has 0 radical (unpaired) electrons. The quantitative estimate of drug-likeness (QED) is 0.843. The van der Waals surface area contributed by atoms with Gasteiger partial charge in [-0.25, -0.2) is 0 Å². The number of carboxylic acid groups (broad SMARTS) is 1. The van der Waals surface area contributed by atoms with Crippen molar-refractivity contribution in [3.63, 3.8) is 0 Å². The van der Waals surface area contributed by atoms with Crippen LogP contribution in [-0.4, -0.2) is 59.1 Å². The van der Waals surface area contributed by atoms with E-state index in [4.69, 9.17) is 0 Å². The highest BCUT2D eigenvalue weighted by atomic mass is 16.4. The molecule has 108 valence electrons. The summed E-state index contributed by atoms with van der Waals surface area (Å²) in [4.78, 5) is 16.8. The lowest BCUT2D eigenvalue weighted by atomic mass is 9.76. The lowest BCUT2D eigenvalue weighted by molar-refractivity contribution is -0.151. The molecular weight excluding hydrogens is 240 g/mol. The number of carboxylic acids is 1. The van der Waals surface area contributed by atoms with Gasteiger partial charge in [-0.2, -0.15) is 0 Å². The van der Waals surface area contributed by atoms with Gasteiger partial charge in [-0.3, -0.25) is 14.6 Å². The summed E-state index contributed by atoms with van der Waals surface area (Å²) < 4.78 is 0. The van der Waals surface area contributed by atoms with E-state index >= 15 is 0 Å². The molecule has 3 saturated heterocycles. The third-order valence-electron chi connectivity index (χ3n) is 5.90. The largest absolute Gasteiger partial charge is 0.481 e. The molecule has 0 bridgehead atoms. The van der Waals surface area contributed by atoms with E-state index in [1.807, 2.05) is 0 Å². The molecule has 0 amide bonds. The zero-order valence-corrected chi connectivity index (χ0v) is 12.1. The maximum atomic E-state index is 11.7. The van der Waals surface area contributed by atoms with Crippen LogP contribution in [0.4, 0.5) is 0 Å². The van der Waals surface area contributed by atoms with Crippen LogP contribution in [-0.2, 0) is 4.79 Å². The number of nitrogens with zero attached hydrogens (tertiary/aromatic N) is 2. The zero-order chi connectivity index (χ0) is 13.6. The minimum Gasteiger partial charge on any atom is -0.481 e. The second-order valence-corrected chi connectivity index (χ2v) is 6.94. The summed E-state index contributed by atoms with van der Waals surface area (Å²) in [6.45, 7) is 8.33. The van der Waals surface area contributed by atoms with E-state index in [0.717, 1.165) is 19.5 Å². The molecule has 0 spiro atoms. The van der Waals surface area contributed by atoms with Crippen LogP contribution < -0.4 is 0 Å². The fourth-order valence-corrected chi connectivity index (χ4v) is 4.52. The molecular formula is C15H26N2O2. The Hall–Kier alpha value is -0.610. The Morgan fingerprint density at radius 1 is 1.16 bits per heavy atom. The molecule has 0 aromatic carbocycles. The standard InChI is InChI=1S/C15H26N2O2/c1-11(2)15(14(18)19)6-9-17(10-15)13-5-8-16-7-3-4-12(13)16/h11-13H,3-10H2,1-2H3,(H,18,19). The predicted molar refractivity (Wildman–Crippen MR) is 74.1 cm³/mol. The maximum absolute atomic E-state index is 11.7. The van der Waals surface area contributed by atoms with Gasteiger partial charge in [-0.05, 0) is 44.7 Å². The van der Waals surface area contributed by atoms with E-state index in [1.165, 1.54) is 32.4 Å². The molecule has 0 aromatic rings. The number of fused-ring (bicyclic) bond motifs is 1. The smallest absolute Gasteiger partial charge is 0.311 e. The highest BCUT2D eigenvalue weighted by Crippen LogP contribution is 2.42. The second-order valence-electron chi connectivity index (χ2n) is 6.94. The van der Waals surface area contributed by atoms with Gasteiger partial charge in [-0.1, -0.05) is 13.8 Å². The van der Waals surface area contributed by atoms with Gasteiger partial charge in [0, 0.05) is 25.2 Å². The molecule has 4 nitrogen and oxygen atoms in total. The van der Waals surface area contributed by atoms with E-state index in [1.54, 1.807) is 0 Å². The van der Waals surface area contributed by atoms with E-state index < -0.39 is 11.4 Å². The van der Waals surface area contributed by atoms with Crippen molar-refractivity contribution in [2.75, 3.05) is 26.2 Å². The molecule has 3 atom stereocenters. The molecule has 3 unspecified atom stereocenters. The van der Waals surface area contributed by atoms with Crippen molar-refractivity contribution in [3.05, 3.63) is 0 Å². The second kappa shape index (κ2) is 4.74. The molecule has 3 rings (SSSR count). The fourth-order valence-electron chi connectivity index (χ4n) is 4.52. The third-order valence-corrected chi connectivity index (χ3v) is 5.90. The Morgan fingerprint density at radius 2 is 1.89 bits per heavy atom. The minimum atomic E-state index is -0.591. The molecule has 0 aliphatic carbocycles. The number of hydrogen-bond donors (Lipinski definition) is 1. The number of carbonyl (C=O) groups is 1. The first-order chi connectivity index (χ1) is 9.04. The zero-order valence-electron chi connectivity index (χ0n) is 12.1. The summed E-state index contributed by atoms with van der Waals surface area (Å²) in [7, 11) is 0. The van der Waals surface area contributed by atoms with E-state index in [2.05, 4.69) is 23.6 Å².